The molecule has 0 saturated carbocycles. The molecule has 1 aromatic rings. The molecule has 7 heteroatoms. The number of carbonyl (C=O) groups is 2. The van der Waals surface area contributed by atoms with Gasteiger partial charge in [-0.3, -0.25) is 4.79 Å². The van der Waals surface area contributed by atoms with Crippen molar-refractivity contribution in [1.82, 2.24) is 10.2 Å². The van der Waals surface area contributed by atoms with Crippen LogP contribution < -0.4 is 16.0 Å². The Balaban J connectivity index is 0.00000242. The van der Waals surface area contributed by atoms with E-state index in [1.54, 1.807) is 24.1 Å². The zero-order valence-corrected chi connectivity index (χ0v) is 13.5. The highest BCUT2D eigenvalue weighted by molar-refractivity contribution is 5.99. The van der Waals surface area contributed by atoms with Crippen LogP contribution in [-0.2, 0) is 4.79 Å². The molecule has 0 aliphatic carbocycles. The van der Waals surface area contributed by atoms with E-state index in [0.29, 0.717) is 24.3 Å². The van der Waals surface area contributed by atoms with Gasteiger partial charge in [-0.2, -0.15) is 0 Å². The largest absolute Gasteiger partial charge is 0.325 e. The predicted octanol–water partition coefficient (Wildman–Crippen LogP) is 2.28. The molecule has 3 N–H and O–H groups in total. The summed E-state index contributed by atoms with van der Waals surface area (Å²) in [5.41, 5.74) is 1.26. The van der Waals surface area contributed by atoms with Gasteiger partial charge in [0.2, 0.25) is 5.91 Å². The summed E-state index contributed by atoms with van der Waals surface area (Å²) in [5.74, 6) is -0.0766. The molecule has 0 bridgehead atoms. The monoisotopic (exact) mass is 326 g/mol. The maximum absolute atomic E-state index is 12.1. The first-order valence-corrected chi connectivity index (χ1v) is 7.30. The molecular weight excluding hydrogens is 304 g/mol. The second-order valence-corrected chi connectivity index (χ2v) is 5.07. The normalized spacial score (nSPS) is 13.4. The van der Waals surface area contributed by atoms with Crippen molar-refractivity contribution in [1.29, 1.82) is 0 Å². The molecule has 22 heavy (non-hydrogen) atoms. The van der Waals surface area contributed by atoms with Crippen molar-refractivity contribution in [3.05, 3.63) is 24.3 Å². The maximum atomic E-state index is 12.1. The number of para-hydroxylation sites is 2. The molecule has 122 valence electrons. The molecule has 2 rings (SSSR count). The number of carbonyl (C=O) groups excluding carboxylic acids is 2. The molecule has 0 aromatic heterocycles. The smallest absolute Gasteiger partial charge is 0.321 e. The Morgan fingerprint density at radius 1 is 1.09 bits per heavy atom. The Bertz CT molecular complexity index is 504. The third-order valence-electron chi connectivity index (χ3n) is 3.44. The lowest BCUT2D eigenvalue weighted by molar-refractivity contribution is -0.116. The number of hydrogen-bond acceptors (Lipinski definition) is 3. The minimum atomic E-state index is -0.107. The van der Waals surface area contributed by atoms with E-state index in [0.717, 1.165) is 25.9 Å². The number of nitrogens with zero attached hydrogens (tertiary/aromatic N) is 1. The molecule has 1 aromatic carbocycles. The summed E-state index contributed by atoms with van der Waals surface area (Å²) in [6, 6.07) is 7.14. The van der Waals surface area contributed by atoms with E-state index in [9.17, 15) is 9.59 Å². The molecule has 0 radical (unpaired) electrons. The van der Waals surface area contributed by atoms with Gasteiger partial charge in [0.25, 0.3) is 0 Å². The Morgan fingerprint density at radius 2 is 1.68 bits per heavy atom. The summed E-state index contributed by atoms with van der Waals surface area (Å²) in [5, 5.41) is 8.63. The molecule has 0 spiro atoms. The van der Waals surface area contributed by atoms with Crippen LogP contribution in [0.4, 0.5) is 16.2 Å². The van der Waals surface area contributed by atoms with Gasteiger partial charge < -0.3 is 20.9 Å². The third-order valence-corrected chi connectivity index (χ3v) is 3.44. The van der Waals surface area contributed by atoms with Gasteiger partial charge in [-0.15, -0.1) is 12.4 Å². The topological polar surface area (TPSA) is 73.5 Å². The van der Waals surface area contributed by atoms with Crippen LogP contribution in [0.2, 0.25) is 0 Å². The minimum Gasteiger partial charge on any atom is -0.325 e. The summed E-state index contributed by atoms with van der Waals surface area (Å²) in [6.45, 7) is 2.21. The van der Waals surface area contributed by atoms with Gasteiger partial charge in [-0.05, 0) is 32.0 Å². The lowest BCUT2D eigenvalue weighted by Crippen LogP contribution is -2.32. The first-order valence-electron chi connectivity index (χ1n) is 7.30. The maximum Gasteiger partial charge on any atom is 0.321 e. The summed E-state index contributed by atoms with van der Waals surface area (Å²) in [7, 11) is 1.80. The van der Waals surface area contributed by atoms with Crippen LogP contribution in [0.25, 0.3) is 0 Å². The Hall–Kier alpha value is -1.79. The van der Waals surface area contributed by atoms with Gasteiger partial charge in [0.15, 0.2) is 0 Å². The van der Waals surface area contributed by atoms with Crippen molar-refractivity contribution < 1.29 is 9.59 Å². The quantitative estimate of drug-likeness (QED) is 0.777. The van der Waals surface area contributed by atoms with E-state index in [1.165, 1.54) is 0 Å². The highest BCUT2D eigenvalue weighted by atomic mass is 35.5. The molecule has 1 saturated heterocycles. The molecule has 6 nitrogen and oxygen atoms in total. The Kier molecular flexibility index (Phi) is 7.70. The van der Waals surface area contributed by atoms with Gasteiger partial charge in [-0.25, -0.2) is 4.79 Å². The molecule has 0 atom stereocenters. The molecule has 3 amide bonds. The Labute approximate surface area is 137 Å². The zero-order chi connectivity index (χ0) is 15.1. The summed E-state index contributed by atoms with van der Waals surface area (Å²) in [6.07, 6.45) is 2.50. The van der Waals surface area contributed by atoms with Gasteiger partial charge in [-0.1, -0.05) is 12.1 Å². The van der Waals surface area contributed by atoms with Gasteiger partial charge >= 0.3 is 6.03 Å². The lowest BCUT2D eigenvalue weighted by Gasteiger charge is -2.18. The highest BCUT2D eigenvalue weighted by Crippen LogP contribution is 2.22. The van der Waals surface area contributed by atoms with Gasteiger partial charge in [0, 0.05) is 26.1 Å². The fourth-order valence-corrected chi connectivity index (χ4v) is 2.27. The van der Waals surface area contributed by atoms with Crippen molar-refractivity contribution in [3.63, 3.8) is 0 Å². The first-order chi connectivity index (χ1) is 10.2. The second kappa shape index (κ2) is 9.27. The number of anilines is 2. The zero-order valence-electron chi connectivity index (χ0n) is 12.7. The highest BCUT2D eigenvalue weighted by Gasteiger charge is 2.18. The van der Waals surface area contributed by atoms with Gasteiger partial charge in [0.1, 0.15) is 0 Å². The number of amides is 3. The number of nitrogens with one attached hydrogen (secondary N) is 3. The van der Waals surface area contributed by atoms with Crippen LogP contribution >= 0.6 is 12.4 Å². The molecule has 1 heterocycles. The number of rotatable bonds is 5. The molecular formula is C15H23ClN4O2. The van der Waals surface area contributed by atoms with Crippen molar-refractivity contribution in [2.24, 2.45) is 0 Å². The minimum absolute atomic E-state index is 0. The molecule has 1 fully saturated rings. The SMILES string of the molecule is CNCCC(=O)Nc1ccccc1NC(=O)N1CCCC1.Cl. The molecule has 0 unspecified atom stereocenters. The van der Waals surface area contributed by atoms with Crippen LogP contribution in [0, 0.1) is 0 Å². The predicted molar refractivity (Wildman–Crippen MR) is 90.7 cm³/mol. The van der Waals surface area contributed by atoms with Crippen LogP contribution in [0.1, 0.15) is 19.3 Å². The average molecular weight is 327 g/mol. The number of hydrogen-bond donors (Lipinski definition) is 3. The third kappa shape index (κ3) is 5.20. The van der Waals surface area contributed by atoms with E-state index in [4.69, 9.17) is 0 Å². The number of halogens is 1. The fourth-order valence-electron chi connectivity index (χ4n) is 2.27. The average Bonchev–Trinajstić information content (AvgIpc) is 3.01. The van der Waals surface area contributed by atoms with Crippen LogP contribution in [0.3, 0.4) is 0 Å². The van der Waals surface area contributed by atoms with Crippen LogP contribution in [0.5, 0.6) is 0 Å². The summed E-state index contributed by atoms with van der Waals surface area (Å²) >= 11 is 0. The number of urea groups is 1. The van der Waals surface area contributed by atoms with E-state index >= 15 is 0 Å². The van der Waals surface area contributed by atoms with Crippen molar-refractivity contribution in [2.75, 3.05) is 37.3 Å². The summed E-state index contributed by atoms with van der Waals surface area (Å²) < 4.78 is 0. The van der Waals surface area contributed by atoms with E-state index in [-0.39, 0.29) is 24.3 Å². The van der Waals surface area contributed by atoms with Crippen LogP contribution in [-0.4, -0.2) is 43.5 Å². The van der Waals surface area contributed by atoms with Crippen molar-refractivity contribution in [3.8, 4) is 0 Å². The molecule has 1 aliphatic rings. The van der Waals surface area contributed by atoms with Crippen molar-refractivity contribution in [2.45, 2.75) is 19.3 Å². The van der Waals surface area contributed by atoms with Crippen LogP contribution in [0.15, 0.2) is 24.3 Å². The number of benzene rings is 1. The lowest BCUT2D eigenvalue weighted by atomic mass is 10.2. The first kappa shape index (κ1) is 18.3. The molecule has 1 aliphatic heterocycles. The van der Waals surface area contributed by atoms with Gasteiger partial charge in [0.05, 0.1) is 11.4 Å². The number of likely N-dealkylation sites (tertiary alicyclic amines) is 1. The van der Waals surface area contributed by atoms with E-state index < -0.39 is 0 Å². The second-order valence-electron chi connectivity index (χ2n) is 5.07. The van der Waals surface area contributed by atoms with Crippen molar-refractivity contribution >= 4 is 35.7 Å². The van der Waals surface area contributed by atoms with E-state index in [1.807, 2.05) is 12.1 Å². The summed E-state index contributed by atoms with van der Waals surface area (Å²) in [4.78, 5) is 25.7. The fraction of sp³-hybridized carbons (Fsp3) is 0.467. The standard InChI is InChI=1S/C15H22N4O2.ClH/c1-16-9-8-14(20)17-12-6-2-3-7-13(12)18-15(21)19-10-4-5-11-19;/h2-3,6-7,16H,4-5,8-11H2,1H3,(H,17,20)(H,18,21);1H. The van der Waals surface area contributed by atoms with E-state index in [2.05, 4.69) is 16.0 Å². The Morgan fingerprint density at radius 3 is 2.27 bits per heavy atom.